The Balaban J connectivity index is -0.000000180. The van der Waals surface area contributed by atoms with Crippen molar-refractivity contribution in [3.63, 3.8) is 0 Å². The summed E-state index contributed by atoms with van der Waals surface area (Å²) in [7, 11) is 0. The summed E-state index contributed by atoms with van der Waals surface area (Å²) in [4.78, 5) is 9.65. The van der Waals surface area contributed by atoms with E-state index in [2.05, 4.69) is 0 Å². The minimum Gasteiger partial charge on any atom is -1.00 e. The molecule has 8 heavy (non-hydrogen) atoms. The molecule has 0 heterocycles. The predicted molar refractivity (Wildman–Crippen MR) is 25.0 cm³/mol. The molecule has 0 aliphatic rings. The monoisotopic (exact) mass is 128 g/mol. The fourth-order valence-corrected chi connectivity index (χ4v) is 0.253. The predicted octanol–water partition coefficient (Wildman–Crippen LogP) is -3.04. The second-order valence-electron chi connectivity index (χ2n) is 1.45. The SMILES string of the molecule is C[C@H](O)CC(=O)O.[H-].[Na+]. The fraction of sp³-hybridized carbons (Fsp3) is 0.750. The molecular weight excluding hydrogens is 119 g/mol. The first kappa shape index (κ1) is 11.3. The van der Waals surface area contributed by atoms with Crippen LogP contribution in [0.5, 0.6) is 0 Å². The number of aliphatic hydroxyl groups excluding tert-OH is 1. The smallest absolute Gasteiger partial charge is 1.00 e. The topological polar surface area (TPSA) is 57.5 Å². The van der Waals surface area contributed by atoms with Crippen LogP contribution in [0.25, 0.3) is 0 Å². The van der Waals surface area contributed by atoms with E-state index >= 15 is 0 Å². The minimum atomic E-state index is -0.963. The maximum Gasteiger partial charge on any atom is 1.00 e. The van der Waals surface area contributed by atoms with Crippen molar-refractivity contribution in [3.05, 3.63) is 0 Å². The van der Waals surface area contributed by atoms with E-state index in [1.807, 2.05) is 0 Å². The molecule has 2 N–H and O–H groups in total. The number of rotatable bonds is 2. The van der Waals surface area contributed by atoms with Crippen molar-refractivity contribution < 1.29 is 46.0 Å². The number of carboxylic acids is 1. The van der Waals surface area contributed by atoms with Crippen LogP contribution in [-0.4, -0.2) is 22.3 Å². The molecule has 0 saturated heterocycles. The van der Waals surface area contributed by atoms with Gasteiger partial charge in [-0.05, 0) is 6.92 Å². The first-order valence-corrected chi connectivity index (χ1v) is 2.03. The molecule has 0 unspecified atom stereocenters. The van der Waals surface area contributed by atoms with Crippen LogP contribution in [-0.2, 0) is 4.79 Å². The van der Waals surface area contributed by atoms with Gasteiger partial charge >= 0.3 is 35.5 Å². The van der Waals surface area contributed by atoms with Crippen molar-refractivity contribution in [2.45, 2.75) is 19.4 Å². The normalized spacial score (nSPS) is 11.8. The minimum absolute atomic E-state index is 0. The Labute approximate surface area is 71.5 Å². The van der Waals surface area contributed by atoms with E-state index in [0.29, 0.717) is 0 Å². The van der Waals surface area contributed by atoms with Crippen LogP contribution in [0.4, 0.5) is 0 Å². The number of carboxylic acid groups (broad SMARTS) is 1. The Morgan fingerprint density at radius 3 is 2.25 bits per heavy atom. The van der Waals surface area contributed by atoms with Crippen LogP contribution >= 0.6 is 0 Å². The van der Waals surface area contributed by atoms with Crippen molar-refractivity contribution in [2.75, 3.05) is 0 Å². The van der Waals surface area contributed by atoms with Crippen molar-refractivity contribution in [2.24, 2.45) is 0 Å². The summed E-state index contributed by atoms with van der Waals surface area (Å²) in [5.74, 6) is -0.963. The number of aliphatic carboxylic acids is 1. The van der Waals surface area contributed by atoms with E-state index in [-0.39, 0.29) is 37.4 Å². The average molecular weight is 128 g/mol. The first-order valence-electron chi connectivity index (χ1n) is 2.03. The van der Waals surface area contributed by atoms with Crippen molar-refractivity contribution >= 4 is 5.97 Å². The van der Waals surface area contributed by atoms with Gasteiger partial charge in [0.1, 0.15) is 0 Å². The van der Waals surface area contributed by atoms with Crippen molar-refractivity contribution in [1.82, 2.24) is 0 Å². The van der Waals surface area contributed by atoms with Gasteiger partial charge in [0.05, 0.1) is 12.5 Å². The van der Waals surface area contributed by atoms with Crippen LogP contribution in [0.2, 0.25) is 0 Å². The van der Waals surface area contributed by atoms with E-state index in [0.717, 1.165) is 0 Å². The summed E-state index contributed by atoms with van der Waals surface area (Å²) in [5, 5.41) is 16.3. The molecule has 0 spiro atoms. The Hall–Kier alpha value is 0.430. The van der Waals surface area contributed by atoms with Gasteiger partial charge in [0.15, 0.2) is 0 Å². The summed E-state index contributed by atoms with van der Waals surface area (Å²) >= 11 is 0. The molecule has 0 rings (SSSR count). The van der Waals surface area contributed by atoms with Gasteiger partial charge in [0.2, 0.25) is 0 Å². The molecule has 0 saturated carbocycles. The zero-order valence-electron chi connectivity index (χ0n) is 6.09. The van der Waals surface area contributed by atoms with E-state index in [1.165, 1.54) is 6.92 Å². The fourth-order valence-electron chi connectivity index (χ4n) is 0.253. The van der Waals surface area contributed by atoms with E-state index in [4.69, 9.17) is 10.2 Å². The zero-order valence-corrected chi connectivity index (χ0v) is 7.09. The van der Waals surface area contributed by atoms with E-state index in [1.54, 1.807) is 0 Å². The molecule has 0 fully saturated rings. The number of carbonyl (C=O) groups is 1. The molecule has 0 aromatic carbocycles. The largest absolute Gasteiger partial charge is 1.00 e. The van der Waals surface area contributed by atoms with Gasteiger partial charge in [-0.25, -0.2) is 0 Å². The number of aliphatic hydroxyl groups is 1. The molecular formula is C4H9NaO3. The van der Waals surface area contributed by atoms with Gasteiger partial charge in [-0.3, -0.25) is 4.79 Å². The summed E-state index contributed by atoms with van der Waals surface area (Å²) in [6.45, 7) is 1.44. The summed E-state index contributed by atoms with van der Waals surface area (Å²) in [6.07, 6.45) is -0.891. The van der Waals surface area contributed by atoms with Crippen LogP contribution in [0.1, 0.15) is 14.8 Å². The van der Waals surface area contributed by atoms with Gasteiger partial charge in [-0.15, -0.1) is 0 Å². The van der Waals surface area contributed by atoms with Crippen LogP contribution in [0.15, 0.2) is 0 Å². The maximum absolute atomic E-state index is 9.65. The Kier molecular flexibility index (Phi) is 7.83. The first-order chi connectivity index (χ1) is 3.13. The van der Waals surface area contributed by atoms with Gasteiger partial charge < -0.3 is 11.6 Å². The molecule has 1 atom stereocenters. The molecule has 0 radical (unpaired) electrons. The van der Waals surface area contributed by atoms with Crippen LogP contribution in [0.3, 0.4) is 0 Å². The zero-order chi connectivity index (χ0) is 5.86. The molecule has 0 aliphatic carbocycles. The van der Waals surface area contributed by atoms with Gasteiger partial charge in [0.25, 0.3) is 0 Å². The summed E-state index contributed by atoms with van der Waals surface area (Å²) < 4.78 is 0. The Bertz CT molecular complexity index is 76.2. The molecule has 4 heteroatoms. The molecule has 0 aromatic rings. The second kappa shape index (κ2) is 5.56. The third-order valence-corrected chi connectivity index (χ3v) is 0.470. The third-order valence-electron chi connectivity index (χ3n) is 0.470. The van der Waals surface area contributed by atoms with Crippen LogP contribution < -0.4 is 29.6 Å². The quantitative estimate of drug-likeness (QED) is 0.389. The second-order valence-corrected chi connectivity index (χ2v) is 1.45. The third kappa shape index (κ3) is 9.66. The molecule has 0 bridgehead atoms. The maximum atomic E-state index is 9.65. The molecule has 0 aromatic heterocycles. The Morgan fingerprint density at radius 1 is 1.88 bits per heavy atom. The van der Waals surface area contributed by atoms with Crippen LogP contribution in [0, 0.1) is 0 Å². The number of hydrogen-bond donors (Lipinski definition) is 2. The van der Waals surface area contributed by atoms with Crippen molar-refractivity contribution in [3.8, 4) is 0 Å². The van der Waals surface area contributed by atoms with Gasteiger partial charge in [-0.1, -0.05) is 0 Å². The molecule has 3 nitrogen and oxygen atoms in total. The van der Waals surface area contributed by atoms with Gasteiger partial charge in [-0.2, -0.15) is 0 Å². The summed E-state index contributed by atoms with van der Waals surface area (Å²) in [5.41, 5.74) is 0. The van der Waals surface area contributed by atoms with E-state index < -0.39 is 12.1 Å². The average Bonchev–Trinajstić information content (AvgIpc) is 1.27. The molecule has 0 aliphatic heterocycles. The molecule has 44 valence electrons. The Morgan fingerprint density at radius 2 is 2.25 bits per heavy atom. The van der Waals surface area contributed by atoms with Crippen molar-refractivity contribution in [1.29, 1.82) is 0 Å². The standard InChI is InChI=1S/C4H8O3.Na.H/c1-3(5)2-4(6)7;;/h3,5H,2H2,1H3,(H,6,7);;/q;+1;-1/t3-;;/m0../s1. The summed E-state index contributed by atoms with van der Waals surface area (Å²) in [6, 6.07) is 0. The molecule has 0 amide bonds. The number of hydrogen-bond acceptors (Lipinski definition) is 2. The van der Waals surface area contributed by atoms with E-state index in [9.17, 15) is 4.79 Å². The van der Waals surface area contributed by atoms with Gasteiger partial charge in [0, 0.05) is 0 Å².